The van der Waals surface area contributed by atoms with E-state index in [9.17, 15) is 0 Å². The number of hydrogen-bond donors (Lipinski definition) is 2. The monoisotopic (exact) mass is 326 g/mol. The summed E-state index contributed by atoms with van der Waals surface area (Å²) in [6.45, 7) is 4.15. The first-order chi connectivity index (χ1) is 11.5. The molecule has 2 atom stereocenters. The Labute approximate surface area is 140 Å². The predicted octanol–water partition coefficient (Wildman–Crippen LogP) is 2.29. The lowest BCUT2D eigenvalue weighted by Gasteiger charge is -2.15. The molecule has 0 aliphatic carbocycles. The molecule has 0 aliphatic heterocycles. The first-order valence-corrected chi connectivity index (χ1v) is 7.83. The third-order valence-corrected chi connectivity index (χ3v) is 3.85. The molecule has 0 fully saturated rings. The van der Waals surface area contributed by atoms with Crippen LogP contribution in [0.15, 0.2) is 37.2 Å². The molecule has 0 saturated carbocycles. The summed E-state index contributed by atoms with van der Waals surface area (Å²) in [7, 11) is 3.81. The van der Waals surface area contributed by atoms with Crippen LogP contribution in [0.5, 0.6) is 0 Å². The Kier molecular flexibility index (Phi) is 4.45. The fraction of sp³-hybridized carbons (Fsp3) is 0.375. The smallest absolute Gasteiger partial charge is 0.131 e. The zero-order chi connectivity index (χ0) is 17.1. The first kappa shape index (κ1) is 16.0. The molecule has 2 N–H and O–H groups in total. The fourth-order valence-electron chi connectivity index (χ4n) is 2.45. The molecule has 0 bridgehead atoms. The zero-order valence-corrected chi connectivity index (χ0v) is 14.3. The van der Waals surface area contributed by atoms with Crippen LogP contribution in [-0.4, -0.2) is 29.5 Å². The van der Waals surface area contributed by atoms with Crippen LogP contribution in [0.25, 0.3) is 0 Å². The largest absolute Gasteiger partial charge is 0.363 e. The van der Waals surface area contributed by atoms with Gasteiger partial charge in [0, 0.05) is 43.7 Å². The van der Waals surface area contributed by atoms with Gasteiger partial charge in [-0.05, 0) is 13.8 Å². The average molecular weight is 326 g/mol. The van der Waals surface area contributed by atoms with E-state index < -0.39 is 0 Å². The lowest BCUT2D eigenvalue weighted by atomic mass is 10.2. The molecule has 8 nitrogen and oxygen atoms in total. The van der Waals surface area contributed by atoms with Gasteiger partial charge in [-0.1, -0.05) is 0 Å². The summed E-state index contributed by atoms with van der Waals surface area (Å²) < 4.78 is 3.58. The third-order valence-electron chi connectivity index (χ3n) is 3.85. The molecule has 24 heavy (non-hydrogen) atoms. The quantitative estimate of drug-likeness (QED) is 0.723. The molecule has 3 heterocycles. The van der Waals surface area contributed by atoms with E-state index in [1.165, 1.54) is 0 Å². The molecule has 0 saturated heterocycles. The summed E-state index contributed by atoms with van der Waals surface area (Å²) in [6, 6.07) is 2.12. The van der Waals surface area contributed by atoms with Crippen LogP contribution >= 0.6 is 0 Å². The van der Waals surface area contributed by atoms with Crippen LogP contribution < -0.4 is 10.6 Å². The Hall–Kier alpha value is -2.90. The van der Waals surface area contributed by atoms with Crippen molar-refractivity contribution in [1.29, 1.82) is 0 Å². The van der Waals surface area contributed by atoms with Crippen molar-refractivity contribution in [3.8, 4) is 0 Å². The van der Waals surface area contributed by atoms with Crippen LogP contribution in [0.4, 0.5) is 11.6 Å². The summed E-state index contributed by atoms with van der Waals surface area (Å²) in [5, 5.41) is 15.1. The minimum atomic E-state index is 0.109. The van der Waals surface area contributed by atoms with Gasteiger partial charge in [0.2, 0.25) is 0 Å². The van der Waals surface area contributed by atoms with E-state index in [1.54, 1.807) is 15.7 Å². The van der Waals surface area contributed by atoms with Crippen molar-refractivity contribution in [2.45, 2.75) is 25.9 Å². The van der Waals surface area contributed by atoms with E-state index in [4.69, 9.17) is 0 Å². The molecule has 2 unspecified atom stereocenters. The maximum absolute atomic E-state index is 4.29. The van der Waals surface area contributed by atoms with Crippen LogP contribution in [0, 0.1) is 0 Å². The lowest BCUT2D eigenvalue weighted by Crippen LogP contribution is -2.10. The van der Waals surface area contributed by atoms with E-state index in [-0.39, 0.29) is 12.1 Å². The van der Waals surface area contributed by atoms with E-state index in [2.05, 4.69) is 44.6 Å². The van der Waals surface area contributed by atoms with Crippen molar-refractivity contribution in [1.82, 2.24) is 29.5 Å². The topological polar surface area (TPSA) is 85.5 Å². The van der Waals surface area contributed by atoms with E-state index in [1.807, 2.05) is 44.9 Å². The summed E-state index contributed by atoms with van der Waals surface area (Å²) in [5.41, 5.74) is 2.21. The molecule has 3 aromatic rings. The van der Waals surface area contributed by atoms with Crippen molar-refractivity contribution < 1.29 is 0 Å². The molecule has 3 aromatic heterocycles. The van der Waals surface area contributed by atoms with Crippen LogP contribution in [0.2, 0.25) is 0 Å². The van der Waals surface area contributed by atoms with Gasteiger partial charge in [-0.25, -0.2) is 9.97 Å². The lowest BCUT2D eigenvalue weighted by molar-refractivity contribution is 0.765. The normalized spacial score (nSPS) is 13.5. The van der Waals surface area contributed by atoms with E-state index in [0.717, 1.165) is 22.8 Å². The van der Waals surface area contributed by atoms with Gasteiger partial charge in [-0.2, -0.15) is 10.2 Å². The Morgan fingerprint density at radius 2 is 1.29 bits per heavy atom. The molecule has 0 aliphatic rings. The highest BCUT2D eigenvalue weighted by molar-refractivity contribution is 5.48. The highest BCUT2D eigenvalue weighted by atomic mass is 15.2. The Bertz CT molecular complexity index is 742. The number of aromatic nitrogens is 6. The second kappa shape index (κ2) is 6.69. The van der Waals surface area contributed by atoms with Gasteiger partial charge < -0.3 is 10.6 Å². The fourth-order valence-corrected chi connectivity index (χ4v) is 2.45. The zero-order valence-electron chi connectivity index (χ0n) is 14.3. The second-order valence-electron chi connectivity index (χ2n) is 5.92. The number of nitrogens with one attached hydrogen (secondary N) is 2. The molecule has 0 amide bonds. The van der Waals surface area contributed by atoms with Crippen molar-refractivity contribution in [2.75, 3.05) is 10.6 Å². The highest BCUT2D eigenvalue weighted by Crippen LogP contribution is 2.21. The second-order valence-corrected chi connectivity index (χ2v) is 5.92. The Morgan fingerprint density at radius 3 is 1.67 bits per heavy atom. The van der Waals surface area contributed by atoms with Gasteiger partial charge >= 0.3 is 0 Å². The van der Waals surface area contributed by atoms with Crippen molar-refractivity contribution in [2.24, 2.45) is 14.1 Å². The van der Waals surface area contributed by atoms with Gasteiger partial charge in [0.05, 0.1) is 24.5 Å². The Morgan fingerprint density at radius 1 is 0.833 bits per heavy atom. The molecule has 126 valence electrons. The molecule has 0 radical (unpaired) electrons. The third kappa shape index (κ3) is 3.70. The summed E-state index contributed by atoms with van der Waals surface area (Å²) in [4.78, 5) is 8.58. The maximum atomic E-state index is 4.29. The summed E-state index contributed by atoms with van der Waals surface area (Å²) >= 11 is 0. The van der Waals surface area contributed by atoms with Gasteiger partial charge in [0.25, 0.3) is 0 Å². The number of hydrogen-bond acceptors (Lipinski definition) is 6. The van der Waals surface area contributed by atoms with Crippen molar-refractivity contribution >= 4 is 11.6 Å². The number of anilines is 2. The van der Waals surface area contributed by atoms with Gasteiger partial charge in [0.15, 0.2) is 0 Å². The SMILES string of the molecule is CC(Nc1cc(NC(C)c2cnn(C)c2)ncn1)c1cnn(C)c1. The number of aryl methyl sites for hydroxylation is 2. The number of nitrogens with zero attached hydrogens (tertiary/aromatic N) is 6. The molecular formula is C16H22N8. The predicted molar refractivity (Wildman–Crippen MR) is 92.5 cm³/mol. The van der Waals surface area contributed by atoms with Gasteiger partial charge in [-0.15, -0.1) is 0 Å². The minimum absolute atomic E-state index is 0.109. The molecule has 3 rings (SSSR count). The Balaban J connectivity index is 1.67. The van der Waals surface area contributed by atoms with Crippen LogP contribution in [0.3, 0.4) is 0 Å². The van der Waals surface area contributed by atoms with E-state index in [0.29, 0.717) is 0 Å². The minimum Gasteiger partial charge on any atom is -0.363 e. The highest BCUT2D eigenvalue weighted by Gasteiger charge is 2.11. The standard InChI is InChI=1S/C16H22N8/c1-11(13-6-19-23(3)8-13)21-15-5-16(18-10-17-15)22-12(2)14-7-20-24(4)9-14/h5-12H,1-4H3,(H2,17,18,21,22). The van der Waals surface area contributed by atoms with Crippen molar-refractivity contribution in [3.05, 3.63) is 48.3 Å². The molecule has 8 heteroatoms. The molecular weight excluding hydrogens is 304 g/mol. The van der Waals surface area contributed by atoms with Crippen molar-refractivity contribution in [3.63, 3.8) is 0 Å². The maximum Gasteiger partial charge on any atom is 0.131 e. The first-order valence-electron chi connectivity index (χ1n) is 7.83. The number of rotatable bonds is 6. The summed E-state index contributed by atoms with van der Waals surface area (Å²) in [6.07, 6.45) is 9.23. The summed E-state index contributed by atoms with van der Waals surface area (Å²) in [5.74, 6) is 1.53. The van der Waals surface area contributed by atoms with E-state index >= 15 is 0 Å². The average Bonchev–Trinajstić information content (AvgIpc) is 3.16. The molecule has 0 aromatic carbocycles. The van der Waals surface area contributed by atoms with Gasteiger partial charge in [0.1, 0.15) is 18.0 Å². The van der Waals surface area contributed by atoms with Crippen LogP contribution in [0.1, 0.15) is 37.1 Å². The molecule has 0 spiro atoms. The van der Waals surface area contributed by atoms with Crippen LogP contribution in [-0.2, 0) is 14.1 Å². The van der Waals surface area contributed by atoms with Gasteiger partial charge in [-0.3, -0.25) is 9.36 Å².